The fourth-order valence-corrected chi connectivity index (χ4v) is 3.93. The summed E-state index contributed by atoms with van der Waals surface area (Å²) < 4.78 is 1.64. The molecule has 28 heavy (non-hydrogen) atoms. The summed E-state index contributed by atoms with van der Waals surface area (Å²) >= 11 is 7.41. The Morgan fingerprint density at radius 1 is 1.25 bits per heavy atom. The minimum Gasteiger partial charge on any atom is -0.291 e. The second-order valence-electron chi connectivity index (χ2n) is 6.32. The molecule has 0 fully saturated rings. The minimum atomic E-state index is -0.581. The van der Waals surface area contributed by atoms with E-state index in [1.54, 1.807) is 21.7 Å². The first-order valence-electron chi connectivity index (χ1n) is 8.82. The number of anilines is 1. The van der Waals surface area contributed by atoms with E-state index in [0.29, 0.717) is 33.5 Å². The highest BCUT2D eigenvalue weighted by Crippen LogP contribution is 2.37. The molecule has 0 saturated carbocycles. The molecular formula is C20H18ClN4O2S+. The van der Waals surface area contributed by atoms with E-state index < -0.39 is 6.17 Å². The van der Waals surface area contributed by atoms with E-state index in [1.807, 2.05) is 49.6 Å². The average molecular weight is 414 g/mol. The van der Waals surface area contributed by atoms with Crippen molar-refractivity contribution >= 4 is 35.0 Å². The van der Waals surface area contributed by atoms with Crippen LogP contribution < -0.4 is 15.1 Å². The van der Waals surface area contributed by atoms with Crippen molar-refractivity contribution in [1.29, 1.82) is 0 Å². The standard InChI is InChI=1S/C20H17ClN4O2S/c1-3-16(26)24-15-7-5-4-6-14(15)17-18(27)22-20(28-2)23-25(17)19(24)12-8-10-13(21)11-9-12/h4-11,19H,3H2,1-2H3/p+1/t19-/m1/s1. The molecular weight excluding hydrogens is 396 g/mol. The van der Waals surface area contributed by atoms with Crippen LogP contribution in [0.25, 0.3) is 11.3 Å². The normalized spacial score (nSPS) is 15.1. The van der Waals surface area contributed by atoms with Crippen LogP contribution in [-0.2, 0) is 4.79 Å². The molecule has 1 N–H and O–H groups in total. The SMILES string of the molecule is CCC(=O)N1c2ccccc2-c2c(=O)[nH]c(SC)n[n+]2[C@@H]1c1ccc(Cl)cc1. The molecule has 1 atom stereocenters. The molecule has 4 rings (SSSR count). The van der Waals surface area contributed by atoms with Gasteiger partial charge in [0.05, 0.1) is 11.3 Å². The molecule has 142 valence electrons. The number of aromatic amines is 1. The summed E-state index contributed by atoms with van der Waals surface area (Å²) in [6.45, 7) is 1.82. The van der Waals surface area contributed by atoms with Gasteiger partial charge < -0.3 is 0 Å². The van der Waals surface area contributed by atoms with Crippen molar-refractivity contribution in [3.63, 3.8) is 0 Å². The second-order valence-corrected chi connectivity index (χ2v) is 7.55. The molecule has 0 bridgehead atoms. The number of halogens is 1. The van der Waals surface area contributed by atoms with E-state index in [-0.39, 0.29) is 11.5 Å². The third-order valence-corrected chi connectivity index (χ3v) is 5.51. The van der Waals surface area contributed by atoms with Crippen LogP contribution in [0.15, 0.2) is 58.5 Å². The lowest BCUT2D eigenvalue weighted by Gasteiger charge is -2.32. The molecule has 0 spiro atoms. The Bertz CT molecular complexity index is 1110. The maximum atomic E-state index is 13.0. The molecule has 1 aliphatic rings. The summed E-state index contributed by atoms with van der Waals surface area (Å²) in [5.74, 6) is -0.0571. The van der Waals surface area contributed by atoms with Crippen LogP contribution in [0.4, 0.5) is 5.69 Å². The lowest BCUT2D eigenvalue weighted by atomic mass is 10.0. The number of fused-ring (bicyclic) bond motifs is 3. The Balaban J connectivity index is 2.08. The highest BCUT2D eigenvalue weighted by atomic mass is 35.5. The van der Waals surface area contributed by atoms with Gasteiger partial charge in [-0.3, -0.25) is 14.6 Å². The molecule has 6 nitrogen and oxygen atoms in total. The zero-order chi connectivity index (χ0) is 19.8. The van der Waals surface area contributed by atoms with Gasteiger partial charge in [-0.25, -0.2) is 4.90 Å². The predicted molar refractivity (Wildman–Crippen MR) is 110 cm³/mol. The summed E-state index contributed by atoms with van der Waals surface area (Å²) in [7, 11) is 0. The third kappa shape index (κ3) is 3.00. The predicted octanol–water partition coefficient (Wildman–Crippen LogP) is 3.40. The van der Waals surface area contributed by atoms with Crippen LogP contribution in [0.1, 0.15) is 25.1 Å². The number of aromatic nitrogens is 3. The summed E-state index contributed by atoms with van der Waals surface area (Å²) in [6, 6.07) is 14.7. The molecule has 1 amide bonds. The lowest BCUT2D eigenvalue weighted by Crippen LogP contribution is -2.60. The van der Waals surface area contributed by atoms with Gasteiger partial charge in [0.2, 0.25) is 11.1 Å². The molecule has 1 aliphatic heterocycles. The molecule has 0 saturated heterocycles. The summed E-state index contributed by atoms with van der Waals surface area (Å²) in [4.78, 5) is 30.5. The highest BCUT2D eigenvalue weighted by Gasteiger charge is 2.45. The quantitative estimate of drug-likeness (QED) is 0.527. The van der Waals surface area contributed by atoms with Gasteiger partial charge in [0.15, 0.2) is 0 Å². The molecule has 1 aromatic heterocycles. The lowest BCUT2D eigenvalue weighted by molar-refractivity contribution is -0.763. The van der Waals surface area contributed by atoms with E-state index in [0.717, 1.165) is 5.56 Å². The number of nitrogens with one attached hydrogen (secondary N) is 1. The van der Waals surface area contributed by atoms with Gasteiger partial charge in [0.25, 0.3) is 6.17 Å². The van der Waals surface area contributed by atoms with Gasteiger partial charge in [-0.05, 0) is 47.3 Å². The number of amides is 1. The maximum Gasteiger partial charge on any atom is 0.325 e. The molecule has 0 unspecified atom stereocenters. The van der Waals surface area contributed by atoms with Crippen molar-refractivity contribution in [3.05, 3.63) is 69.5 Å². The van der Waals surface area contributed by atoms with Gasteiger partial charge >= 0.3 is 11.3 Å². The van der Waals surface area contributed by atoms with E-state index in [4.69, 9.17) is 11.6 Å². The largest absolute Gasteiger partial charge is 0.325 e. The molecule has 8 heteroatoms. The first kappa shape index (κ1) is 18.7. The van der Waals surface area contributed by atoms with Gasteiger partial charge in [-0.15, -0.1) is 0 Å². The molecule has 0 radical (unpaired) electrons. The zero-order valence-corrected chi connectivity index (χ0v) is 16.9. The molecule has 2 heterocycles. The van der Waals surface area contributed by atoms with Crippen LogP contribution in [-0.4, -0.2) is 22.2 Å². The topological polar surface area (TPSA) is 69.9 Å². The first-order valence-corrected chi connectivity index (χ1v) is 10.4. The van der Waals surface area contributed by atoms with E-state index in [2.05, 4.69) is 10.1 Å². The van der Waals surface area contributed by atoms with E-state index >= 15 is 0 Å². The molecule has 2 aromatic carbocycles. The fraction of sp³-hybridized carbons (Fsp3) is 0.200. The first-order chi connectivity index (χ1) is 13.5. The van der Waals surface area contributed by atoms with E-state index in [9.17, 15) is 9.59 Å². The van der Waals surface area contributed by atoms with Crippen molar-refractivity contribution in [2.24, 2.45) is 0 Å². The zero-order valence-electron chi connectivity index (χ0n) is 15.3. The summed E-state index contributed by atoms with van der Waals surface area (Å²) in [5, 5.41) is 5.72. The monoisotopic (exact) mass is 413 g/mol. The Morgan fingerprint density at radius 2 is 1.96 bits per heavy atom. The van der Waals surface area contributed by atoms with Gasteiger partial charge in [0.1, 0.15) is 0 Å². The fourth-order valence-electron chi connectivity index (χ4n) is 3.44. The van der Waals surface area contributed by atoms with Crippen LogP contribution in [0.3, 0.4) is 0 Å². The number of rotatable bonds is 3. The van der Waals surface area contributed by atoms with Crippen molar-refractivity contribution in [2.75, 3.05) is 11.2 Å². The molecule has 3 aromatic rings. The van der Waals surface area contributed by atoms with Crippen molar-refractivity contribution < 1.29 is 9.48 Å². The number of nitrogens with zero attached hydrogens (tertiary/aromatic N) is 3. The van der Waals surface area contributed by atoms with Crippen LogP contribution in [0.5, 0.6) is 0 Å². The summed E-state index contributed by atoms with van der Waals surface area (Å²) in [6.07, 6.45) is 1.59. The minimum absolute atomic E-state index is 0.0571. The number of hydrogen-bond donors (Lipinski definition) is 1. The smallest absolute Gasteiger partial charge is 0.291 e. The Morgan fingerprint density at radius 3 is 2.64 bits per heavy atom. The molecule has 0 aliphatic carbocycles. The Labute approximate surface area is 171 Å². The average Bonchev–Trinajstić information content (AvgIpc) is 2.72. The van der Waals surface area contributed by atoms with Crippen molar-refractivity contribution in [3.8, 4) is 11.3 Å². The highest BCUT2D eigenvalue weighted by molar-refractivity contribution is 7.98. The van der Waals surface area contributed by atoms with Crippen molar-refractivity contribution in [2.45, 2.75) is 24.7 Å². The second kappa shape index (κ2) is 7.41. The van der Waals surface area contributed by atoms with E-state index in [1.165, 1.54) is 11.8 Å². The summed E-state index contributed by atoms with van der Waals surface area (Å²) in [5.41, 5.74) is 2.37. The van der Waals surface area contributed by atoms with Crippen LogP contribution in [0.2, 0.25) is 5.02 Å². The maximum absolute atomic E-state index is 13.0. The van der Waals surface area contributed by atoms with Crippen molar-refractivity contribution in [1.82, 2.24) is 10.1 Å². The number of H-pyrrole nitrogens is 1. The third-order valence-electron chi connectivity index (χ3n) is 4.69. The van der Waals surface area contributed by atoms with Crippen LogP contribution in [0, 0.1) is 0 Å². The number of benzene rings is 2. The Kier molecular flexibility index (Phi) is 4.95. The number of para-hydroxylation sites is 1. The number of hydrogen-bond acceptors (Lipinski definition) is 4. The van der Waals surface area contributed by atoms with Gasteiger partial charge in [-0.1, -0.05) is 42.4 Å². The number of carbonyl (C=O) groups excluding carboxylic acids is 1. The van der Waals surface area contributed by atoms with Gasteiger partial charge in [-0.2, -0.15) is 0 Å². The Hall–Kier alpha value is -2.64. The van der Waals surface area contributed by atoms with Gasteiger partial charge in [0, 0.05) is 22.1 Å². The number of thioether (sulfide) groups is 1. The number of carbonyl (C=O) groups is 1. The van der Waals surface area contributed by atoms with Crippen LogP contribution >= 0.6 is 23.4 Å².